The van der Waals surface area contributed by atoms with E-state index in [9.17, 15) is 5.11 Å². The van der Waals surface area contributed by atoms with E-state index in [-0.39, 0.29) is 0 Å². The van der Waals surface area contributed by atoms with Gasteiger partial charge < -0.3 is 10.4 Å². The molecule has 1 aliphatic carbocycles. The average Bonchev–Trinajstić information content (AvgIpc) is 2.24. The second kappa shape index (κ2) is 4.23. The van der Waals surface area contributed by atoms with Crippen LogP contribution in [0.15, 0.2) is 24.3 Å². The number of anilines is 1. The van der Waals surface area contributed by atoms with E-state index in [1.54, 1.807) is 0 Å². The van der Waals surface area contributed by atoms with Crippen molar-refractivity contribution in [1.29, 1.82) is 0 Å². The molecule has 0 radical (unpaired) electrons. The van der Waals surface area contributed by atoms with E-state index >= 15 is 0 Å². The van der Waals surface area contributed by atoms with Gasteiger partial charge in [-0.1, -0.05) is 25.1 Å². The van der Waals surface area contributed by atoms with E-state index in [4.69, 9.17) is 0 Å². The lowest BCUT2D eigenvalue weighted by Crippen LogP contribution is -2.43. The first-order valence-corrected chi connectivity index (χ1v) is 5.78. The molecule has 2 heteroatoms. The van der Waals surface area contributed by atoms with Crippen molar-refractivity contribution >= 4 is 5.69 Å². The molecule has 1 fully saturated rings. The third-order valence-electron chi connectivity index (χ3n) is 3.29. The van der Waals surface area contributed by atoms with E-state index < -0.39 is 5.60 Å². The van der Waals surface area contributed by atoms with Crippen LogP contribution in [0.3, 0.4) is 0 Å². The number of nitrogens with one attached hydrogen (secondary N) is 1. The number of para-hydroxylation sites is 1. The molecule has 0 aromatic heterocycles. The number of rotatable bonds is 4. The molecule has 82 valence electrons. The van der Waals surface area contributed by atoms with Gasteiger partial charge in [-0.25, -0.2) is 0 Å². The molecule has 0 amide bonds. The summed E-state index contributed by atoms with van der Waals surface area (Å²) < 4.78 is 0. The molecule has 2 nitrogen and oxygen atoms in total. The van der Waals surface area contributed by atoms with Gasteiger partial charge in [-0.2, -0.15) is 0 Å². The van der Waals surface area contributed by atoms with Crippen LogP contribution in [0.4, 0.5) is 5.69 Å². The largest absolute Gasteiger partial charge is 0.388 e. The second-order valence-electron chi connectivity index (χ2n) is 4.44. The normalized spacial score (nSPS) is 18.3. The molecule has 2 rings (SSSR count). The Kier molecular flexibility index (Phi) is 2.96. The van der Waals surface area contributed by atoms with Gasteiger partial charge in [0.25, 0.3) is 0 Å². The molecule has 0 atom stereocenters. The van der Waals surface area contributed by atoms with Crippen LogP contribution >= 0.6 is 0 Å². The highest BCUT2D eigenvalue weighted by atomic mass is 16.3. The molecule has 1 saturated carbocycles. The van der Waals surface area contributed by atoms with E-state index in [0.717, 1.165) is 25.7 Å². The quantitative estimate of drug-likeness (QED) is 0.791. The van der Waals surface area contributed by atoms with Gasteiger partial charge in [-0.3, -0.25) is 0 Å². The summed E-state index contributed by atoms with van der Waals surface area (Å²) in [5.41, 5.74) is 2.04. The van der Waals surface area contributed by atoms with Gasteiger partial charge in [0.15, 0.2) is 0 Å². The Morgan fingerprint density at radius 2 is 2.07 bits per heavy atom. The van der Waals surface area contributed by atoms with Gasteiger partial charge in [-0.15, -0.1) is 0 Å². The monoisotopic (exact) mass is 205 g/mol. The lowest BCUT2D eigenvalue weighted by Gasteiger charge is -2.37. The Morgan fingerprint density at radius 1 is 1.33 bits per heavy atom. The first kappa shape index (κ1) is 10.5. The van der Waals surface area contributed by atoms with Crippen LogP contribution in [0, 0.1) is 0 Å². The number of hydrogen-bond acceptors (Lipinski definition) is 2. The van der Waals surface area contributed by atoms with Gasteiger partial charge in [0.05, 0.1) is 5.60 Å². The van der Waals surface area contributed by atoms with E-state index in [0.29, 0.717) is 6.54 Å². The maximum absolute atomic E-state index is 9.97. The minimum absolute atomic E-state index is 0.444. The summed E-state index contributed by atoms with van der Waals surface area (Å²) in [6.45, 7) is 2.84. The van der Waals surface area contributed by atoms with Gasteiger partial charge in [0.2, 0.25) is 0 Å². The van der Waals surface area contributed by atoms with Crippen LogP contribution < -0.4 is 5.32 Å². The third-order valence-corrected chi connectivity index (χ3v) is 3.29. The second-order valence-corrected chi connectivity index (χ2v) is 4.44. The van der Waals surface area contributed by atoms with E-state index in [2.05, 4.69) is 30.4 Å². The van der Waals surface area contributed by atoms with Gasteiger partial charge in [0.1, 0.15) is 0 Å². The summed E-state index contributed by atoms with van der Waals surface area (Å²) in [5, 5.41) is 13.3. The van der Waals surface area contributed by atoms with Crippen molar-refractivity contribution in [1.82, 2.24) is 0 Å². The zero-order chi connectivity index (χ0) is 10.7. The predicted molar refractivity (Wildman–Crippen MR) is 63.1 cm³/mol. The zero-order valence-corrected chi connectivity index (χ0v) is 9.29. The summed E-state index contributed by atoms with van der Waals surface area (Å²) in [5.74, 6) is 0. The summed E-state index contributed by atoms with van der Waals surface area (Å²) in [6, 6.07) is 8.31. The van der Waals surface area contributed by atoms with E-state index in [1.165, 1.54) is 11.3 Å². The predicted octanol–water partition coefficient (Wildman–Crippen LogP) is 2.58. The number of aliphatic hydroxyl groups is 1. The van der Waals surface area contributed by atoms with E-state index in [1.807, 2.05) is 6.07 Å². The molecular weight excluding hydrogens is 186 g/mol. The number of aryl methyl sites for hydroxylation is 1. The fourth-order valence-electron chi connectivity index (χ4n) is 2.02. The summed E-state index contributed by atoms with van der Waals surface area (Å²) >= 11 is 0. The summed E-state index contributed by atoms with van der Waals surface area (Å²) in [4.78, 5) is 0. The van der Waals surface area contributed by atoms with Crippen LogP contribution in [0.1, 0.15) is 31.7 Å². The molecular formula is C13H19NO. The molecule has 0 unspecified atom stereocenters. The summed E-state index contributed by atoms with van der Waals surface area (Å²) in [7, 11) is 0. The summed E-state index contributed by atoms with van der Waals surface area (Å²) in [6.07, 6.45) is 4.07. The van der Waals surface area contributed by atoms with Crippen molar-refractivity contribution in [3.8, 4) is 0 Å². The Labute approximate surface area is 91.3 Å². The number of hydrogen-bond donors (Lipinski definition) is 2. The first-order chi connectivity index (χ1) is 7.23. The van der Waals surface area contributed by atoms with Crippen LogP contribution in [0.5, 0.6) is 0 Å². The highest BCUT2D eigenvalue weighted by Gasteiger charge is 2.33. The average molecular weight is 205 g/mol. The zero-order valence-electron chi connectivity index (χ0n) is 9.29. The first-order valence-electron chi connectivity index (χ1n) is 5.78. The maximum atomic E-state index is 9.97. The highest BCUT2D eigenvalue weighted by molar-refractivity contribution is 5.51. The fourth-order valence-corrected chi connectivity index (χ4v) is 2.02. The molecule has 0 heterocycles. The Bertz CT molecular complexity index is 331. The van der Waals surface area contributed by atoms with Crippen molar-refractivity contribution in [3.05, 3.63) is 29.8 Å². The molecule has 0 spiro atoms. The fraction of sp³-hybridized carbons (Fsp3) is 0.538. The Morgan fingerprint density at radius 3 is 2.67 bits per heavy atom. The smallest absolute Gasteiger partial charge is 0.0819 e. The van der Waals surface area contributed by atoms with Gasteiger partial charge in [-0.05, 0) is 37.3 Å². The Hall–Kier alpha value is -1.02. The molecule has 1 aromatic rings. The SMILES string of the molecule is CCc1ccccc1NCC1(O)CCC1. The molecule has 0 saturated heterocycles. The lowest BCUT2D eigenvalue weighted by atomic mass is 9.80. The Balaban J connectivity index is 1.98. The molecule has 1 aliphatic rings. The topological polar surface area (TPSA) is 32.3 Å². The van der Waals surface area contributed by atoms with Crippen molar-refractivity contribution in [3.63, 3.8) is 0 Å². The molecule has 0 aliphatic heterocycles. The minimum atomic E-state index is -0.444. The van der Waals surface area contributed by atoms with Crippen molar-refractivity contribution in [2.75, 3.05) is 11.9 Å². The van der Waals surface area contributed by atoms with Gasteiger partial charge >= 0.3 is 0 Å². The van der Waals surface area contributed by atoms with Crippen LogP contribution in [0.2, 0.25) is 0 Å². The standard InChI is InChI=1S/C13H19NO/c1-2-11-6-3-4-7-12(11)14-10-13(15)8-5-9-13/h3-4,6-7,14-15H,2,5,8-10H2,1H3. The maximum Gasteiger partial charge on any atom is 0.0819 e. The van der Waals surface area contributed by atoms with Crippen LogP contribution in [0.25, 0.3) is 0 Å². The van der Waals surface area contributed by atoms with Crippen molar-refractivity contribution in [2.24, 2.45) is 0 Å². The van der Waals surface area contributed by atoms with Gasteiger partial charge in [0, 0.05) is 12.2 Å². The van der Waals surface area contributed by atoms with Crippen LogP contribution in [-0.2, 0) is 6.42 Å². The molecule has 1 aromatic carbocycles. The van der Waals surface area contributed by atoms with Crippen molar-refractivity contribution in [2.45, 2.75) is 38.2 Å². The molecule has 0 bridgehead atoms. The lowest BCUT2D eigenvalue weighted by molar-refractivity contribution is -0.0202. The van der Waals surface area contributed by atoms with Crippen LogP contribution in [-0.4, -0.2) is 17.3 Å². The minimum Gasteiger partial charge on any atom is -0.388 e. The highest BCUT2D eigenvalue weighted by Crippen LogP contribution is 2.31. The third kappa shape index (κ3) is 2.32. The molecule has 2 N–H and O–H groups in total. The molecule has 15 heavy (non-hydrogen) atoms. The van der Waals surface area contributed by atoms with Crippen molar-refractivity contribution < 1.29 is 5.11 Å². The number of benzene rings is 1.